The molecular weight excluding hydrogens is 423 g/mol. The van der Waals surface area contributed by atoms with Gasteiger partial charge in [0.05, 0.1) is 23.5 Å². The standard InChI is InChI=1S/C20H17ClF3N3O3/c1-12-6-5-9-15(29-2)19(12)25-17(28)11-30-18-10-16(20(22,23)24)26-27(18)14-8-4-3-7-13(14)21/h3-10H,11H2,1-2H3,(H,25,28). The van der Waals surface area contributed by atoms with Crippen molar-refractivity contribution in [2.45, 2.75) is 13.1 Å². The molecule has 0 fully saturated rings. The number of halogens is 4. The van der Waals surface area contributed by atoms with Crippen LogP contribution in [0.25, 0.3) is 5.69 Å². The van der Waals surface area contributed by atoms with Crippen LogP contribution < -0.4 is 14.8 Å². The zero-order valence-electron chi connectivity index (χ0n) is 16.0. The highest BCUT2D eigenvalue weighted by molar-refractivity contribution is 6.32. The Morgan fingerprint density at radius 3 is 2.60 bits per heavy atom. The van der Waals surface area contributed by atoms with Crippen LogP contribution in [0.5, 0.6) is 11.6 Å². The van der Waals surface area contributed by atoms with Crippen LogP contribution >= 0.6 is 11.6 Å². The molecule has 0 aliphatic carbocycles. The van der Waals surface area contributed by atoms with Gasteiger partial charge in [0.2, 0.25) is 5.88 Å². The lowest BCUT2D eigenvalue weighted by Gasteiger charge is -2.14. The number of anilines is 1. The Bertz CT molecular complexity index is 1070. The molecule has 1 N–H and O–H groups in total. The third-order valence-corrected chi connectivity index (χ3v) is 4.44. The van der Waals surface area contributed by atoms with Crippen LogP contribution in [-0.4, -0.2) is 29.4 Å². The summed E-state index contributed by atoms with van der Waals surface area (Å²) in [5.41, 5.74) is 0.219. The van der Waals surface area contributed by atoms with E-state index in [1.54, 1.807) is 37.3 Å². The minimum atomic E-state index is -4.69. The number of aryl methyl sites for hydroxylation is 1. The number of hydrogen-bond donors (Lipinski definition) is 1. The Balaban J connectivity index is 1.84. The number of methoxy groups -OCH3 is 1. The molecule has 1 aromatic heterocycles. The number of rotatable bonds is 6. The Hall–Kier alpha value is -3.20. The summed E-state index contributed by atoms with van der Waals surface area (Å²) in [6.07, 6.45) is -4.69. The van der Waals surface area contributed by atoms with Gasteiger partial charge in [0, 0.05) is 6.07 Å². The lowest BCUT2D eigenvalue weighted by Crippen LogP contribution is -2.22. The zero-order chi connectivity index (χ0) is 21.9. The summed E-state index contributed by atoms with van der Waals surface area (Å²) in [5.74, 6) is -0.408. The smallest absolute Gasteiger partial charge is 0.435 e. The molecule has 0 saturated carbocycles. The molecule has 0 aliphatic rings. The number of hydrogen-bond acceptors (Lipinski definition) is 4. The molecule has 3 aromatic rings. The van der Waals surface area contributed by atoms with E-state index >= 15 is 0 Å². The molecule has 10 heteroatoms. The van der Waals surface area contributed by atoms with E-state index in [1.165, 1.54) is 19.2 Å². The second-order valence-corrected chi connectivity index (χ2v) is 6.63. The number of carbonyl (C=O) groups is 1. The Morgan fingerprint density at radius 1 is 1.20 bits per heavy atom. The normalized spacial score (nSPS) is 11.3. The van der Waals surface area contributed by atoms with Crippen molar-refractivity contribution in [2.24, 2.45) is 0 Å². The third kappa shape index (κ3) is 4.68. The molecule has 0 spiro atoms. The summed E-state index contributed by atoms with van der Waals surface area (Å²) in [4.78, 5) is 12.4. The van der Waals surface area contributed by atoms with Crippen LogP contribution in [0.1, 0.15) is 11.3 Å². The molecule has 3 rings (SSSR count). The van der Waals surface area contributed by atoms with Gasteiger partial charge in [0.25, 0.3) is 5.91 Å². The Kier molecular flexibility index (Phi) is 6.21. The first-order valence-electron chi connectivity index (χ1n) is 8.69. The van der Waals surface area contributed by atoms with Crippen LogP contribution in [0.2, 0.25) is 5.02 Å². The van der Waals surface area contributed by atoms with Crippen molar-refractivity contribution in [3.63, 3.8) is 0 Å². The summed E-state index contributed by atoms with van der Waals surface area (Å²) in [7, 11) is 1.46. The Labute approximate surface area is 175 Å². The van der Waals surface area contributed by atoms with Crippen molar-refractivity contribution in [1.82, 2.24) is 9.78 Å². The van der Waals surface area contributed by atoms with E-state index in [1.807, 2.05) is 0 Å². The maximum Gasteiger partial charge on any atom is 0.435 e. The highest BCUT2D eigenvalue weighted by Gasteiger charge is 2.36. The summed E-state index contributed by atoms with van der Waals surface area (Å²) in [5, 5.41) is 6.36. The van der Waals surface area contributed by atoms with Crippen LogP contribution in [-0.2, 0) is 11.0 Å². The van der Waals surface area contributed by atoms with Gasteiger partial charge in [0.15, 0.2) is 12.3 Å². The van der Waals surface area contributed by atoms with Crippen molar-refractivity contribution >= 4 is 23.2 Å². The summed E-state index contributed by atoms with van der Waals surface area (Å²) < 4.78 is 50.9. The van der Waals surface area contributed by atoms with E-state index in [-0.39, 0.29) is 16.6 Å². The van der Waals surface area contributed by atoms with Gasteiger partial charge in [0.1, 0.15) is 5.75 Å². The topological polar surface area (TPSA) is 65.4 Å². The molecule has 1 amide bonds. The second kappa shape index (κ2) is 8.66. The third-order valence-electron chi connectivity index (χ3n) is 4.12. The largest absolute Gasteiger partial charge is 0.495 e. The monoisotopic (exact) mass is 439 g/mol. The summed E-state index contributed by atoms with van der Waals surface area (Å²) in [6, 6.07) is 12.1. The van der Waals surface area contributed by atoms with E-state index in [2.05, 4.69) is 10.4 Å². The molecule has 30 heavy (non-hydrogen) atoms. The first-order valence-corrected chi connectivity index (χ1v) is 9.07. The maximum absolute atomic E-state index is 13.2. The van der Waals surface area contributed by atoms with Crippen molar-refractivity contribution in [3.8, 4) is 17.3 Å². The number of aromatic nitrogens is 2. The van der Waals surface area contributed by atoms with Gasteiger partial charge in [-0.2, -0.15) is 23.0 Å². The zero-order valence-corrected chi connectivity index (χ0v) is 16.7. The van der Waals surface area contributed by atoms with Gasteiger partial charge < -0.3 is 14.8 Å². The molecule has 0 aliphatic heterocycles. The SMILES string of the molecule is COc1cccc(C)c1NC(=O)COc1cc(C(F)(F)F)nn1-c1ccccc1Cl. The van der Waals surface area contributed by atoms with Gasteiger partial charge in [-0.05, 0) is 30.7 Å². The van der Waals surface area contributed by atoms with Crippen molar-refractivity contribution < 1.29 is 27.4 Å². The van der Waals surface area contributed by atoms with Crippen LogP contribution in [0.4, 0.5) is 18.9 Å². The molecule has 0 radical (unpaired) electrons. The minimum absolute atomic E-state index is 0.174. The first kappa shape index (κ1) is 21.5. The average Bonchev–Trinajstić information content (AvgIpc) is 3.13. The fourth-order valence-corrected chi connectivity index (χ4v) is 2.90. The maximum atomic E-state index is 13.2. The fourth-order valence-electron chi connectivity index (χ4n) is 2.69. The number of para-hydroxylation sites is 2. The number of nitrogens with zero attached hydrogens (tertiary/aromatic N) is 2. The van der Waals surface area contributed by atoms with Gasteiger partial charge >= 0.3 is 6.18 Å². The summed E-state index contributed by atoms with van der Waals surface area (Å²) in [6.45, 7) is 1.23. The highest BCUT2D eigenvalue weighted by Crippen LogP contribution is 2.33. The van der Waals surface area contributed by atoms with Crippen LogP contribution in [0.3, 0.4) is 0 Å². The highest BCUT2D eigenvalue weighted by atomic mass is 35.5. The molecule has 0 bridgehead atoms. The number of ether oxygens (including phenoxy) is 2. The molecule has 6 nitrogen and oxygen atoms in total. The molecular formula is C20H17ClF3N3O3. The predicted molar refractivity (Wildman–Crippen MR) is 105 cm³/mol. The van der Waals surface area contributed by atoms with Crippen LogP contribution in [0.15, 0.2) is 48.5 Å². The van der Waals surface area contributed by atoms with Gasteiger partial charge in [-0.1, -0.05) is 35.9 Å². The minimum Gasteiger partial charge on any atom is -0.495 e. The van der Waals surface area contributed by atoms with E-state index in [0.717, 1.165) is 10.2 Å². The van der Waals surface area contributed by atoms with Gasteiger partial charge in [-0.25, -0.2) is 0 Å². The molecule has 2 aromatic carbocycles. The first-order chi connectivity index (χ1) is 14.2. The second-order valence-electron chi connectivity index (χ2n) is 6.22. The molecule has 0 atom stereocenters. The molecule has 1 heterocycles. The van der Waals surface area contributed by atoms with Gasteiger partial charge in [-0.15, -0.1) is 0 Å². The predicted octanol–water partition coefficient (Wildman–Crippen LogP) is 4.88. The number of carbonyl (C=O) groups excluding carboxylic acids is 1. The number of alkyl halides is 3. The van der Waals surface area contributed by atoms with Crippen molar-refractivity contribution in [3.05, 3.63) is 64.8 Å². The van der Waals surface area contributed by atoms with Crippen LogP contribution in [0, 0.1) is 6.92 Å². The average molecular weight is 440 g/mol. The van der Waals surface area contributed by atoms with E-state index in [0.29, 0.717) is 17.5 Å². The van der Waals surface area contributed by atoms with E-state index in [4.69, 9.17) is 21.1 Å². The van der Waals surface area contributed by atoms with E-state index in [9.17, 15) is 18.0 Å². The lowest BCUT2D eigenvalue weighted by atomic mass is 10.2. The molecule has 0 unspecified atom stereocenters. The molecule has 0 saturated heterocycles. The number of nitrogens with one attached hydrogen (secondary N) is 1. The van der Waals surface area contributed by atoms with Crippen molar-refractivity contribution in [2.75, 3.05) is 19.0 Å². The van der Waals surface area contributed by atoms with Gasteiger partial charge in [-0.3, -0.25) is 4.79 Å². The Morgan fingerprint density at radius 2 is 1.93 bits per heavy atom. The number of amides is 1. The lowest BCUT2D eigenvalue weighted by molar-refractivity contribution is -0.141. The number of benzene rings is 2. The van der Waals surface area contributed by atoms with Crippen molar-refractivity contribution in [1.29, 1.82) is 0 Å². The van der Waals surface area contributed by atoms with E-state index < -0.39 is 24.4 Å². The summed E-state index contributed by atoms with van der Waals surface area (Å²) >= 11 is 6.08. The quantitative estimate of drug-likeness (QED) is 0.594. The molecule has 158 valence electrons. The fraction of sp³-hybridized carbons (Fsp3) is 0.200.